The van der Waals surface area contributed by atoms with Gasteiger partial charge in [-0.3, -0.25) is 4.79 Å². The molecule has 80 valence electrons. The highest BCUT2D eigenvalue weighted by Gasteiger charge is 2.17. The van der Waals surface area contributed by atoms with Gasteiger partial charge >= 0.3 is 0 Å². The van der Waals surface area contributed by atoms with Crippen molar-refractivity contribution in [3.63, 3.8) is 0 Å². The number of allylic oxidation sites excluding steroid dienone is 2. The van der Waals surface area contributed by atoms with E-state index in [1.807, 2.05) is 12.1 Å². The zero-order valence-corrected chi connectivity index (χ0v) is 9.08. The molecule has 0 amide bonds. The van der Waals surface area contributed by atoms with E-state index in [9.17, 15) is 4.79 Å². The Kier molecular flexibility index (Phi) is 3.05. The number of ketones is 1. The van der Waals surface area contributed by atoms with Crippen molar-refractivity contribution in [2.24, 2.45) is 0 Å². The van der Waals surface area contributed by atoms with Crippen LogP contribution in [0.5, 0.6) is 0 Å². The molecule has 0 atom stereocenters. The lowest BCUT2D eigenvalue weighted by atomic mass is 9.89. The minimum Gasteiger partial charge on any atom is -0.469 e. The fraction of sp³-hybridized carbons (Fsp3) is 0.462. The first-order valence-electron chi connectivity index (χ1n) is 5.51. The van der Waals surface area contributed by atoms with E-state index in [0.29, 0.717) is 5.78 Å². The normalized spacial score (nSPS) is 17.3. The summed E-state index contributed by atoms with van der Waals surface area (Å²) in [6, 6.07) is 3.85. The van der Waals surface area contributed by atoms with Gasteiger partial charge in [0.25, 0.3) is 0 Å². The zero-order chi connectivity index (χ0) is 10.7. The summed E-state index contributed by atoms with van der Waals surface area (Å²) < 4.78 is 5.26. The molecule has 0 saturated heterocycles. The Morgan fingerprint density at radius 2 is 2.20 bits per heavy atom. The van der Waals surface area contributed by atoms with Crippen molar-refractivity contribution in [2.45, 2.75) is 39.0 Å². The molecule has 0 fully saturated rings. The van der Waals surface area contributed by atoms with E-state index in [1.165, 1.54) is 5.57 Å². The zero-order valence-electron chi connectivity index (χ0n) is 9.08. The second-order valence-corrected chi connectivity index (χ2v) is 4.11. The van der Waals surface area contributed by atoms with Crippen molar-refractivity contribution < 1.29 is 9.21 Å². The number of rotatable bonds is 3. The summed E-state index contributed by atoms with van der Waals surface area (Å²) in [6.07, 6.45) is 6.18. The molecule has 1 aromatic heterocycles. The SMILES string of the molecule is CC1=C(CCc2ccco2)C(=O)CCC1. The van der Waals surface area contributed by atoms with Crippen LogP contribution in [0.2, 0.25) is 0 Å². The number of Topliss-reactive ketones (excluding diaryl/α,β-unsaturated/α-hetero) is 1. The second kappa shape index (κ2) is 4.47. The maximum absolute atomic E-state index is 11.7. The maximum atomic E-state index is 11.7. The number of hydrogen-bond acceptors (Lipinski definition) is 2. The quantitative estimate of drug-likeness (QED) is 0.756. The Bertz CT molecular complexity index is 371. The van der Waals surface area contributed by atoms with Gasteiger partial charge in [0.1, 0.15) is 5.76 Å². The Labute approximate surface area is 90.0 Å². The molecule has 0 aliphatic heterocycles. The van der Waals surface area contributed by atoms with E-state index in [1.54, 1.807) is 6.26 Å². The van der Waals surface area contributed by atoms with Gasteiger partial charge in [-0.25, -0.2) is 0 Å². The molecule has 1 heterocycles. The van der Waals surface area contributed by atoms with E-state index >= 15 is 0 Å². The summed E-state index contributed by atoms with van der Waals surface area (Å²) in [5.74, 6) is 1.30. The third-order valence-corrected chi connectivity index (χ3v) is 3.01. The van der Waals surface area contributed by atoms with Crippen LogP contribution in [0, 0.1) is 0 Å². The van der Waals surface area contributed by atoms with Crippen molar-refractivity contribution in [3.8, 4) is 0 Å². The van der Waals surface area contributed by atoms with Crippen LogP contribution in [0.15, 0.2) is 34.0 Å². The van der Waals surface area contributed by atoms with Gasteiger partial charge < -0.3 is 4.42 Å². The topological polar surface area (TPSA) is 30.2 Å². The van der Waals surface area contributed by atoms with Gasteiger partial charge in [-0.2, -0.15) is 0 Å². The van der Waals surface area contributed by atoms with Crippen LogP contribution in [0.25, 0.3) is 0 Å². The monoisotopic (exact) mass is 204 g/mol. The molecule has 15 heavy (non-hydrogen) atoms. The van der Waals surface area contributed by atoms with E-state index in [2.05, 4.69) is 6.92 Å². The van der Waals surface area contributed by atoms with Gasteiger partial charge in [0.15, 0.2) is 5.78 Å². The van der Waals surface area contributed by atoms with Crippen molar-refractivity contribution in [2.75, 3.05) is 0 Å². The molecular weight excluding hydrogens is 188 g/mol. The second-order valence-electron chi connectivity index (χ2n) is 4.11. The van der Waals surface area contributed by atoms with Crippen molar-refractivity contribution >= 4 is 5.78 Å². The summed E-state index contributed by atoms with van der Waals surface area (Å²) in [5.41, 5.74) is 2.32. The van der Waals surface area contributed by atoms with Gasteiger partial charge in [0.05, 0.1) is 6.26 Å². The molecule has 2 heteroatoms. The van der Waals surface area contributed by atoms with E-state index < -0.39 is 0 Å². The molecular formula is C13H16O2. The predicted molar refractivity (Wildman–Crippen MR) is 58.6 cm³/mol. The predicted octanol–water partition coefficient (Wildman–Crippen LogP) is 3.28. The molecule has 2 nitrogen and oxygen atoms in total. The molecule has 0 unspecified atom stereocenters. The highest BCUT2D eigenvalue weighted by atomic mass is 16.3. The first kappa shape index (κ1) is 10.2. The molecule has 1 aromatic rings. The summed E-state index contributed by atoms with van der Waals surface area (Å²) >= 11 is 0. The molecule has 0 radical (unpaired) electrons. The van der Waals surface area contributed by atoms with Gasteiger partial charge in [-0.1, -0.05) is 5.57 Å². The summed E-state index contributed by atoms with van der Waals surface area (Å²) in [4.78, 5) is 11.7. The van der Waals surface area contributed by atoms with Crippen LogP contribution < -0.4 is 0 Å². The van der Waals surface area contributed by atoms with Gasteiger partial charge in [0, 0.05) is 12.8 Å². The minimum atomic E-state index is 0.338. The number of hydrogen-bond donors (Lipinski definition) is 0. The highest BCUT2D eigenvalue weighted by molar-refractivity contribution is 5.96. The molecule has 1 aliphatic rings. The first-order chi connectivity index (χ1) is 7.27. The lowest BCUT2D eigenvalue weighted by Gasteiger charge is -2.15. The molecule has 0 spiro atoms. The van der Waals surface area contributed by atoms with Crippen molar-refractivity contribution in [1.29, 1.82) is 0 Å². The number of carbonyl (C=O) groups is 1. The Morgan fingerprint density at radius 3 is 2.87 bits per heavy atom. The van der Waals surface area contributed by atoms with Gasteiger partial charge in [0.2, 0.25) is 0 Å². The Morgan fingerprint density at radius 1 is 1.33 bits per heavy atom. The Balaban J connectivity index is 2.01. The third-order valence-electron chi connectivity index (χ3n) is 3.01. The summed E-state index contributed by atoms with van der Waals surface area (Å²) in [6.45, 7) is 2.08. The fourth-order valence-electron chi connectivity index (χ4n) is 2.11. The number of carbonyl (C=O) groups excluding carboxylic acids is 1. The Hall–Kier alpha value is -1.31. The van der Waals surface area contributed by atoms with Gasteiger partial charge in [-0.05, 0) is 43.9 Å². The molecule has 0 saturated carbocycles. The highest BCUT2D eigenvalue weighted by Crippen LogP contribution is 2.25. The van der Waals surface area contributed by atoms with Crippen LogP contribution in [0.3, 0.4) is 0 Å². The average Bonchev–Trinajstić information content (AvgIpc) is 2.70. The number of aryl methyl sites for hydroxylation is 1. The summed E-state index contributed by atoms with van der Waals surface area (Å²) in [7, 11) is 0. The molecule has 1 aliphatic carbocycles. The molecule has 0 bridgehead atoms. The van der Waals surface area contributed by atoms with Crippen LogP contribution in [0.4, 0.5) is 0 Å². The fourth-order valence-corrected chi connectivity index (χ4v) is 2.11. The molecule has 2 rings (SSSR count). The lowest BCUT2D eigenvalue weighted by molar-refractivity contribution is -0.116. The van der Waals surface area contributed by atoms with E-state index in [4.69, 9.17) is 4.42 Å². The third kappa shape index (κ3) is 2.38. The largest absolute Gasteiger partial charge is 0.469 e. The molecule has 0 aromatic carbocycles. The van der Waals surface area contributed by atoms with E-state index in [-0.39, 0.29) is 0 Å². The smallest absolute Gasteiger partial charge is 0.158 e. The lowest BCUT2D eigenvalue weighted by Crippen LogP contribution is -2.11. The molecule has 0 N–H and O–H groups in total. The average molecular weight is 204 g/mol. The minimum absolute atomic E-state index is 0.338. The standard InChI is InChI=1S/C13H16O2/c1-10-4-2-6-13(14)12(10)8-7-11-5-3-9-15-11/h3,5,9H,2,4,6-8H2,1H3. The maximum Gasteiger partial charge on any atom is 0.158 e. The van der Waals surface area contributed by atoms with Crippen molar-refractivity contribution in [1.82, 2.24) is 0 Å². The van der Waals surface area contributed by atoms with Crippen LogP contribution in [-0.4, -0.2) is 5.78 Å². The van der Waals surface area contributed by atoms with E-state index in [0.717, 1.165) is 43.4 Å². The van der Waals surface area contributed by atoms with Crippen LogP contribution in [0.1, 0.15) is 38.4 Å². The van der Waals surface area contributed by atoms with Crippen molar-refractivity contribution in [3.05, 3.63) is 35.3 Å². The first-order valence-corrected chi connectivity index (χ1v) is 5.51. The van der Waals surface area contributed by atoms with Gasteiger partial charge in [-0.15, -0.1) is 0 Å². The van der Waals surface area contributed by atoms with Crippen LogP contribution >= 0.6 is 0 Å². The van der Waals surface area contributed by atoms with Crippen LogP contribution in [-0.2, 0) is 11.2 Å². The number of furan rings is 1. The summed E-state index contributed by atoms with van der Waals surface area (Å²) in [5, 5.41) is 0.